The molecule has 1 atom stereocenters. The second-order valence-electron chi connectivity index (χ2n) is 6.49. The Kier molecular flexibility index (Phi) is 8.37. The first-order chi connectivity index (χ1) is 12.0. The van der Waals surface area contributed by atoms with Crippen LogP contribution in [0.25, 0.3) is 0 Å². The van der Waals surface area contributed by atoms with E-state index in [9.17, 15) is 9.59 Å². The van der Waals surface area contributed by atoms with Crippen molar-refractivity contribution in [3.63, 3.8) is 0 Å². The van der Waals surface area contributed by atoms with Crippen molar-refractivity contribution >= 4 is 29.9 Å². The molecule has 1 aliphatic rings. The molecule has 146 valence electrons. The zero-order valence-corrected chi connectivity index (χ0v) is 16.6. The minimum atomic E-state index is -0.392. The zero-order chi connectivity index (χ0) is 18.4. The highest BCUT2D eigenvalue weighted by Crippen LogP contribution is 2.33. The van der Waals surface area contributed by atoms with Crippen molar-refractivity contribution in [1.29, 1.82) is 0 Å². The summed E-state index contributed by atoms with van der Waals surface area (Å²) in [5, 5.41) is 3.08. The minimum Gasteiger partial charge on any atom is -0.492 e. The van der Waals surface area contributed by atoms with Gasteiger partial charge in [0.05, 0.1) is 23.8 Å². The first-order valence-corrected chi connectivity index (χ1v) is 9.04. The molecule has 1 aromatic carbocycles. The molecule has 1 aliphatic heterocycles. The number of ether oxygens (including phenoxy) is 1. The smallest absolute Gasteiger partial charge is 0.227 e. The van der Waals surface area contributed by atoms with E-state index >= 15 is 0 Å². The third-order valence-electron chi connectivity index (χ3n) is 5.08. The van der Waals surface area contributed by atoms with Crippen LogP contribution in [0.4, 0.5) is 5.69 Å². The molecular weight excluding hydrogens is 354 g/mol. The predicted molar refractivity (Wildman–Crippen MR) is 106 cm³/mol. The summed E-state index contributed by atoms with van der Waals surface area (Å²) >= 11 is 0. The molecule has 0 radical (unpaired) electrons. The molecule has 1 aromatic rings. The van der Waals surface area contributed by atoms with E-state index < -0.39 is 5.54 Å². The van der Waals surface area contributed by atoms with E-state index in [0.717, 1.165) is 18.5 Å². The number of para-hydroxylation sites is 2. The van der Waals surface area contributed by atoms with Crippen LogP contribution < -0.4 is 20.7 Å². The van der Waals surface area contributed by atoms with E-state index in [1.165, 1.54) is 0 Å². The van der Waals surface area contributed by atoms with Crippen LogP contribution in [0.15, 0.2) is 24.3 Å². The lowest BCUT2D eigenvalue weighted by Gasteiger charge is -2.32. The van der Waals surface area contributed by atoms with Crippen molar-refractivity contribution < 1.29 is 14.3 Å². The molecule has 2 rings (SSSR count). The first kappa shape index (κ1) is 22.3. The van der Waals surface area contributed by atoms with Gasteiger partial charge in [0.15, 0.2) is 0 Å². The summed E-state index contributed by atoms with van der Waals surface area (Å²) in [6, 6.07) is 7.43. The number of nitrogens with two attached hydrogens (primary N) is 1. The number of amides is 2. The third kappa shape index (κ3) is 4.68. The van der Waals surface area contributed by atoms with E-state index in [1.54, 1.807) is 4.90 Å². The number of hydrogen-bond acceptors (Lipinski definition) is 4. The number of hydrogen-bond donors (Lipinski definition) is 2. The Hall–Kier alpha value is -1.79. The van der Waals surface area contributed by atoms with Gasteiger partial charge in [-0.15, -0.1) is 12.4 Å². The van der Waals surface area contributed by atoms with Gasteiger partial charge < -0.3 is 20.7 Å². The van der Waals surface area contributed by atoms with Crippen LogP contribution in [-0.4, -0.2) is 37.0 Å². The number of halogens is 1. The van der Waals surface area contributed by atoms with E-state index in [0.29, 0.717) is 25.4 Å². The van der Waals surface area contributed by atoms with Gasteiger partial charge in [0.2, 0.25) is 11.8 Å². The van der Waals surface area contributed by atoms with Crippen molar-refractivity contribution in [1.82, 2.24) is 5.32 Å². The van der Waals surface area contributed by atoms with Gasteiger partial charge in [-0.05, 0) is 31.9 Å². The molecule has 1 saturated heterocycles. The van der Waals surface area contributed by atoms with Gasteiger partial charge >= 0.3 is 0 Å². The normalized spacial score (nSPS) is 17.0. The summed E-state index contributed by atoms with van der Waals surface area (Å²) in [7, 11) is 0. The molecule has 6 nitrogen and oxygen atoms in total. The number of carbonyl (C=O) groups excluding carboxylic acids is 2. The molecule has 1 heterocycles. The summed E-state index contributed by atoms with van der Waals surface area (Å²) < 4.78 is 5.62. The molecule has 2 amide bonds. The highest BCUT2D eigenvalue weighted by Gasteiger charge is 2.38. The van der Waals surface area contributed by atoms with Crippen molar-refractivity contribution in [2.24, 2.45) is 11.7 Å². The van der Waals surface area contributed by atoms with Gasteiger partial charge in [-0.25, -0.2) is 0 Å². The lowest BCUT2D eigenvalue weighted by atomic mass is 9.91. The Bertz CT molecular complexity index is 612. The van der Waals surface area contributed by atoms with E-state index in [4.69, 9.17) is 10.5 Å². The topological polar surface area (TPSA) is 84.7 Å². The Morgan fingerprint density at radius 3 is 2.54 bits per heavy atom. The highest BCUT2D eigenvalue weighted by atomic mass is 35.5. The van der Waals surface area contributed by atoms with Gasteiger partial charge in [-0.2, -0.15) is 0 Å². The number of nitrogens with one attached hydrogen (secondary N) is 1. The van der Waals surface area contributed by atoms with Gasteiger partial charge in [0.1, 0.15) is 5.75 Å². The van der Waals surface area contributed by atoms with Crippen LogP contribution >= 0.6 is 12.4 Å². The zero-order valence-electron chi connectivity index (χ0n) is 15.8. The molecule has 3 N–H and O–H groups in total. The summed E-state index contributed by atoms with van der Waals surface area (Å²) in [6.45, 7) is 7.21. The van der Waals surface area contributed by atoms with Crippen molar-refractivity contribution in [2.45, 2.75) is 45.6 Å². The molecule has 0 spiro atoms. The Balaban J connectivity index is 0.00000338. The number of nitrogens with zero attached hydrogens (tertiary/aromatic N) is 1. The first-order valence-electron chi connectivity index (χ1n) is 9.04. The average molecular weight is 384 g/mol. The average Bonchev–Trinajstić information content (AvgIpc) is 3.02. The lowest BCUT2D eigenvalue weighted by Crippen LogP contribution is -2.54. The lowest BCUT2D eigenvalue weighted by molar-refractivity contribution is -0.128. The van der Waals surface area contributed by atoms with Crippen LogP contribution in [-0.2, 0) is 9.59 Å². The number of carbonyl (C=O) groups is 2. The van der Waals surface area contributed by atoms with E-state index in [-0.39, 0.29) is 36.6 Å². The second kappa shape index (κ2) is 9.78. The molecule has 0 aromatic heterocycles. The van der Waals surface area contributed by atoms with Gasteiger partial charge in [0, 0.05) is 19.5 Å². The quantitative estimate of drug-likeness (QED) is 0.722. The van der Waals surface area contributed by atoms with E-state index in [1.807, 2.05) is 45.0 Å². The summed E-state index contributed by atoms with van der Waals surface area (Å²) in [5.41, 5.74) is 6.20. The standard InChI is InChI=1S/C19H29N3O3.ClH/c1-4-19(5-2,13-20)21-18(24)14-11-17(23)22(12-14)15-9-7-8-10-16(15)25-6-3;/h7-10,14H,4-6,11-13,20H2,1-3H3,(H,21,24);1H. The van der Waals surface area contributed by atoms with Crippen LogP contribution in [0.5, 0.6) is 5.75 Å². The Labute approximate surface area is 161 Å². The molecule has 0 saturated carbocycles. The SMILES string of the molecule is CCOc1ccccc1N1CC(C(=O)NC(CC)(CC)CN)CC1=O.Cl. The monoisotopic (exact) mass is 383 g/mol. The van der Waals surface area contributed by atoms with Gasteiger partial charge in [-0.1, -0.05) is 26.0 Å². The number of anilines is 1. The van der Waals surface area contributed by atoms with Crippen molar-refractivity contribution in [3.05, 3.63) is 24.3 Å². The number of rotatable bonds is 8. The predicted octanol–water partition coefficient (Wildman–Crippen LogP) is 2.49. The van der Waals surface area contributed by atoms with Crippen LogP contribution in [0.3, 0.4) is 0 Å². The molecule has 0 bridgehead atoms. The maximum absolute atomic E-state index is 12.7. The second-order valence-corrected chi connectivity index (χ2v) is 6.49. The summed E-state index contributed by atoms with van der Waals surface area (Å²) in [6.07, 6.45) is 1.74. The van der Waals surface area contributed by atoms with Crippen molar-refractivity contribution in [2.75, 3.05) is 24.6 Å². The van der Waals surface area contributed by atoms with Gasteiger partial charge in [-0.3, -0.25) is 9.59 Å². The maximum Gasteiger partial charge on any atom is 0.227 e. The molecule has 26 heavy (non-hydrogen) atoms. The van der Waals surface area contributed by atoms with Crippen LogP contribution in [0.2, 0.25) is 0 Å². The molecule has 0 aliphatic carbocycles. The fourth-order valence-electron chi connectivity index (χ4n) is 3.20. The third-order valence-corrected chi connectivity index (χ3v) is 5.08. The Morgan fingerprint density at radius 2 is 1.96 bits per heavy atom. The van der Waals surface area contributed by atoms with Gasteiger partial charge in [0.25, 0.3) is 0 Å². The maximum atomic E-state index is 12.7. The molecule has 1 unspecified atom stereocenters. The van der Waals surface area contributed by atoms with Crippen molar-refractivity contribution in [3.8, 4) is 5.75 Å². The largest absolute Gasteiger partial charge is 0.492 e. The fourth-order valence-corrected chi connectivity index (χ4v) is 3.20. The van der Waals surface area contributed by atoms with E-state index in [2.05, 4.69) is 5.32 Å². The Morgan fingerprint density at radius 1 is 1.31 bits per heavy atom. The van der Waals surface area contributed by atoms with Crippen LogP contribution in [0, 0.1) is 5.92 Å². The molecular formula is C19H30ClN3O3. The number of benzene rings is 1. The summed E-state index contributed by atoms with van der Waals surface area (Å²) in [4.78, 5) is 26.8. The molecule has 7 heteroatoms. The molecule has 1 fully saturated rings. The highest BCUT2D eigenvalue weighted by molar-refractivity contribution is 6.01. The fraction of sp³-hybridized carbons (Fsp3) is 0.579. The minimum absolute atomic E-state index is 0. The van der Waals surface area contributed by atoms with Crippen LogP contribution in [0.1, 0.15) is 40.0 Å². The summed E-state index contributed by atoms with van der Waals surface area (Å²) in [5.74, 6) is 0.140.